The molecule has 2 unspecified atom stereocenters. The van der Waals surface area contributed by atoms with E-state index in [1.165, 1.54) is 0 Å². The van der Waals surface area contributed by atoms with Crippen molar-refractivity contribution in [2.45, 2.75) is 25.2 Å². The molecule has 30 heavy (non-hydrogen) atoms. The first-order valence-corrected chi connectivity index (χ1v) is 9.89. The third-order valence-electron chi connectivity index (χ3n) is 5.12. The molecule has 0 aliphatic carbocycles. The Morgan fingerprint density at radius 2 is 2.23 bits per heavy atom. The molecule has 3 N–H and O–H groups in total. The fraction of sp³-hybridized carbons (Fsp3) is 0.318. The van der Waals surface area contributed by atoms with E-state index in [0.29, 0.717) is 11.4 Å². The Hall–Kier alpha value is -3.41. The summed E-state index contributed by atoms with van der Waals surface area (Å²) in [6, 6.07) is 11.7. The quantitative estimate of drug-likeness (QED) is 0.787. The van der Waals surface area contributed by atoms with E-state index in [1.807, 2.05) is 35.4 Å². The highest BCUT2D eigenvalue weighted by Gasteiger charge is 2.21. The van der Waals surface area contributed by atoms with Crippen molar-refractivity contribution in [3.8, 4) is 17.6 Å². The molecular formula is C22H24N6O2. The predicted molar refractivity (Wildman–Crippen MR) is 115 cm³/mol. The fourth-order valence-electron chi connectivity index (χ4n) is 3.52. The van der Waals surface area contributed by atoms with Crippen LogP contribution >= 0.6 is 0 Å². The zero-order valence-corrected chi connectivity index (χ0v) is 16.8. The average molecular weight is 404 g/mol. The number of allylic oxidation sites excluding steroid dienone is 1. The Bertz CT molecular complexity index is 1010. The van der Waals surface area contributed by atoms with Crippen molar-refractivity contribution < 1.29 is 9.47 Å². The van der Waals surface area contributed by atoms with E-state index in [4.69, 9.17) is 15.2 Å². The first-order chi connectivity index (χ1) is 14.7. The largest absolute Gasteiger partial charge is 0.497 e. The van der Waals surface area contributed by atoms with Crippen molar-refractivity contribution in [2.24, 2.45) is 10.7 Å². The van der Waals surface area contributed by atoms with Crippen LogP contribution in [0.1, 0.15) is 24.1 Å². The summed E-state index contributed by atoms with van der Waals surface area (Å²) in [7, 11) is 1.64. The standard InChI is InChI=1S/C22H24N6O2/c1-29-18-5-2-4-15(8-18)16-11-27-22(24)28(14-16)17-9-21(20(10-23)26-12-17)30-19-6-3-7-25-13-19/h2,4-5,8-9,11-12,14,19,22,25H,3,6-7,13,24H2,1H3. The number of hydrogen-bond donors (Lipinski definition) is 2. The van der Waals surface area contributed by atoms with E-state index in [2.05, 4.69) is 21.4 Å². The average Bonchev–Trinajstić information content (AvgIpc) is 2.80. The number of hydrogen-bond acceptors (Lipinski definition) is 8. The number of anilines is 1. The molecule has 2 atom stereocenters. The van der Waals surface area contributed by atoms with Crippen LogP contribution in [0, 0.1) is 11.3 Å². The van der Waals surface area contributed by atoms with Crippen LogP contribution in [0.5, 0.6) is 11.5 Å². The van der Waals surface area contributed by atoms with Crippen LogP contribution in [-0.2, 0) is 0 Å². The van der Waals surface area contributed by atoms with Gasteiger partial charge in [0.1, 0.15) is 17.9 Å². The third-order valence-corrected chi connectivity index (χ3v) is 5.12. The molecule has 0 bridgehead atoms. The molecule has 2 aliphatic heterocycles. The Morgan fingerprint density at radius 3 is 3.00 bits per heavy atom. The normalized spacial score (nSPS) is 21.0. The second kappa shape index (κ2) is 8.95. The van der Waals surface area contributed by atoms with Gasteiger partial charge in [-0.15, -0.1) is 0 Å². The Balaban J connectivity index is 1.64. The van der Waals surface area contributed by atoms with Gasteiger partial charge in [-0.2, -0.15) is 5.26 Å². The van der Waals surface area contributed by atoms with Gasteiger partial charge < -0.3 is 19.7 Å². The molecule has 1 aromatic heterocycles. The van der Waals surface area contributed by atoms with E-state index in [0.717, 1.165) is 42.8 Å². The molecule has 0 spiro atoms. The van der Waals surface area contributed by atoms with E-state index in [-0.39, 0.29) is 11.8 Å². The highest BCUT2D eigenvalue weighted by molar-refractivity contribution is 6.11. The molecule has 8 nitrogen and oxygen atoms in total. The van der Waals surface area contributed by atoms with Crippen molar-refractivity contribution >= 4 is 17.5 Å². The minimum atomic E-state index is -0.599. The zero-order chi connectivity index (χ0) is 20.9. The minimum absolute atomic E-state index is 0.0128. The number of nitriles is 1. The van der Waals surface area contributed by atoms with Gasteiger partial charge in [0.15, 0.2) is 17.7 Å². The van der Waals surface area contributed by atoms with Crippen molar-refractivity contribution in [2.75, 3.05) is 25.1 Å². The Labute approximate surface area is 175 Å². The Kier molecular flexibility index (Phi) is 5.93. The summed E-state index contributed by atoms with van der Waals surface area (Å²) in [6.45, 7) is 1.74. The van der Waals surface area contributed by atoms with Crippen molar-refractivity contribution in [3.63, 3.8) is 0 Å². The van der Waals surface area contributed by atoms with Gasteiger partial charge in [0.2, 0.25) is 0 Å². The van der Waals surface area contributed by atoms with Gasteiger partial charge in [-0.05, 0) is 37.1 Å². The number of nitrogens with zero attached hydrogens (tertiary/aromatic N) is 4. The summed E-state index contributed by atoms with van der Waals surface area (Å²) in [6.07, 6.45) is 6.68. The molecule has 154 valence electrons. The van der Waals surface area contributed by atoms with E-state index in [1.54, 1.807) is 25.6 Å². The monoisotopic (exact) mass is 404 g/mol. The van der Waals surface area contributed by atoms with Gasteiger partial charge in [-0.3, -0.25) is 10.7 Å². The van der Waals surface area contributed by atoms with Crippen LogP contribution in [0.4, 0.5) is 5.69 Å². The molecule has 1 saturated heterocycles. The van der Waals surface area contributed by atoms with Crippen LogP contribution in [0.2, 0.25) is 0 Å². The number of aromatic nitrogens is 1. The molecule has 2 aliphatic rings. The molecule has 3 heterocycles. The topological polar surface area (TPSA) is 109 Å². The number of rotatable bonds is 5. The van der Waals surface area contributed by atoms with Gasteiger partial charge in [0, 0.05) is 30.6 Å². The summed E-state index contributed by atoms with van der Waals surface area (Å²) >= 11 is 0. The van der Waals surface area contributed by atoms with Crippen molar-refractivity contribution in [1.29, 1.82) is 5.26 Å². The SMILES string of the molecule is COc1cccc(C2=CN(c3cnc(C#N)c(OC4CCCNC4)c3)C(N)N=C2)c1. The predicted octanol–water partition coefficient (Wildman–Crippen LogP) is 2.27. The summed E-state index contributed by atoms with van der Waals surface area (Å²) in [4.78, 5) is 10.5. The van der Waals surface area contributed by atoms with Gasteiger partial charge in [-0.25, -0.2) is 4.98 Å². The van der Waals surface area contributed by atoms with Gasteiger partial charge in [-0.1, -0.05) is 12.1 Å². The molecule has 2 aromatic rings. The lowest BCUT2D eigenvalue weighted by atomic mass is 10.1. The lowest BCUT2D eigenvalue weighted by molar-refractivity contribution is 0.166. The number of nitrogens with one attached hydrogen (secondary N) is 1. The van der Waals surface area contributed by atoms with E-state index >= 15 is 0 Å². The van der Waals surface area contributed by atoms with Gasteiger partial charge in [0.05, 0.1) is 19.0 Å². The maximum atomic E-state index is 9.45. The van der Waals surface area contributed by atoms with Crippen LogP contribution in [0.15, 0.2) is 47.7 Å². The van der Waals surface area contributed by atoms with E-state index < -0.39 is 6.29 Å². The molecule has 0 radical (unpaired) electrons. The fourth-order valence-corrected chi connectivity index (χ4v) is 3.52. The minimum Gasteiger partial charge on any atom is -0.497 e. The summed E-state index contributed by atoms with van der Waals surface area (Å²) in [5, 5.41) is 12.8. The summed E-state index contributed by atoms with van der Waals surface area (Å²) < 4.78 is 11.4. The number of aliphatic imine (C=N–C) groups is 1. The first-order valence-electron chi connectivity index (χ1n) is 9.89. The van der Waals surface area contributed by atoms with Gasteiger partial charge in [0.25, 0.3) is 0 Å². The molecule has 0 saturated carbocycles. The summed E-state index contributed by atoms with van der Waals surface area (Å²) in [5.74, 6) is 1.22. The van der Waals surface area contributed by atoms with E-state index in [9.17, 15) is 5.26 Å². The number of methoxy groups -OCH3 is 1. The highest BCUT2D eigenvalue weighted by atomic mass is 16.5. The molecule has 8 heteroatoms. The number of pyridine rings is 1. The van der Waals surface area contributed by atoms with Crippen LogP contribution in [0.25, 0.3) is 5.57 Å². The highest BCUT2D eigenvalue weighted by Crippen LogP contribution is 2.29. The number of benzene rings is 1. The maximum absolute atomic E-state index is 9.45. The Morgan fingerprint density at radius 1 is 1.33 bits per heavy atom. The van der Waals surface area contributed by atoms with Crippen molar-refractivity contribution in [1.82, 2.24) is 10.3 Å². The van der Waals surface area contributed by atoms with Gasteiger partial charge >= 0.3 is 0 Å². The number of nitrogens with two attached hydrogens (primary N) is 1. The zero-order valence-electron chi connectivity index (χ0n) is 16.8. The molecule has 1 fully saturated rings. The second-order valence-corrected chi connectivity index (χ2v) is 7.15. The van der Waals surface area contributed by atoms with Crippen LogP contribution in [0.3, 0.4) is 0 Å². The second-order valence-electron chi connectivity index (χ2n) is 7.15. The lowest BCUT2D eigenvalue weighted by Gasteiger charge is -2.29. The summed E-state index contributed by atoms with van der Waals surface area (Å²) in [5.41, 5.74) is 9.04. The van der Waals surface area contributed by atoms with Crippen LogP contribution < -0.4 is 25.4 Å². The molecular weight excluding hydrogens is 380 g/mol. The third kappa shape index (κ3) is 4.27. The maximum Gasteiger partial charge on any atom is 0.182 e. The molecule has 0 amide bonds. The number of piperidine rings is 1. The lowest BCUT2D eigenvalue weighted by Crippen LogP contribution is -2.39. The van der Waals surface area contributed by atoms with Crippen LogP contribution in [-0.4, -0.2) is 43.8 Å². The smallest absolute Gasteiger partial charge is 0.182 e. The molecule has 4 rings (SSSR count). The number of ether oxygens (including phenoxy) is 2. The van der Waals surface area contributed by atoms with Crippen molar-refractivity contribution in [3.05, 3.63) is 54.0 Å². The first kappa shape index (κ1) is 19.9. The molecule has 1 aromatic carbocycles.